The molecule has 0 aliphatic rings. The van der Waals surface area contributed by atoms with Gasteiger partial charge in [-0.25, -0.2) is 10.2 Å². The molecule has 0 aliphatic carbocycles. The molecule has 0 bridgehead atoms. The van der Waals surface area contributed by atoms with Crippen molar-refractivity contribution in [3.63, 3.8) is 0 Å². The van der Waals surface area contributed by atoms with Gasteiger partial charge in [-0.3, -0.25) is 14.9 Å². The number of carbonyl (C=O) groups excluding carboxylic acids is 2. The van der Waals surface area contributed by atoms with E-state index in [4.69, 9.17) is 0 Å². The second-order valence-corrected chi connectivity index (χ2v) is 3.98. The summed E-state index contributed by atoms with van der Waals surface area (Å²) in [7, 11) is 1.19. The molecule has 1 aromatic carbocycles. The summed E-state index contributed by atoms with van der Waals surface area (Å²) < 4.78 is 4.32. The average Bonchev–Trinajstić information content (AvgIpc) is 2.44. The number of hydrogen-bond donors (Lipinski definition) is 2. The fourth-order valence-electron chi connectivity index (χ4n) is 1.36. The zero-order chi connectivity index (χ0) is 15.8. The molecule has 9 nitrogen and oxygen atoms in total. The number of amides is 2. The van der Waals surface area contributed by atoms with Crippen LogP contribution in [0.25, 0.3) is 0 Å². The highest BCUT2D eigenvalue weighted by atomic mass is 16.6. The van der Waals surface area contributed by atoms with Gasteiger partial charge in [0.05, 0.1) is 18.5 Å². The summed E-state index contributed by atoms with van der Waals surface area (Å²) in [6, 6.07) is 5.57. The molecule has 1 rings (SSSR count). The van der Waals surface area contributed by atoms with Gasteiger partial charge in [0.2, 0.25) is 5.91 Å². The number of nitro groups is 1. The van der Waals surface area contributed by atoms with Crippen molar-refractivity contribution >= 4 is 29.1 Å². The summed E-state index contributed by atoms with van der Waals surface area (Å²) in [6.45, 7) is 1.54. The molecule has 9 heteroatoms. The van der Waals surface area contributed by atoms with E-state index >= 15 is 0 Å². The average molecular weight is 294 g/mol. The van der Waals surface area contributed by atoms with Crippen molar-refractivity contribution in [2.24, 2.45) is 5.10 Å². The van der Waals surface area contributed by atoms with Crippen molar-refractivity contribution in [1.29, 1.82) is 0 Å². The standard InChI is InChI=1S/C12H14N4O5/c1-8(14-15-12(18)21-2)6-11(17)13-9-4-3-5-10(7-9)16(19)20/h3-5,7H,6H2,1-2H3,(H,13,17)(H,15,18). The molecule has 0 saturated heterocycles. The lowest BCUT2D eigenvalue weighted by molar-refractivity contribution is -0.384. The Balaban J connectivity index is 2.59. The van der Waals surface area contributed by atoms with Crippen molar-refractivity contribution in [3.8, 4) is 0 Å². The van der Waals surface area contributed by atoms with Gasteiger partial charge in [0.15, 0.2) is 0 Å². The van der Waals surface area contributed by atoms with Crippen LogP contribution in [0.1, 0.15) is 13.3 Å². The summed E-state index contributed by atoms with van der Waals surface area (Å²) in [5.41, 5.74) is 2.62. The fourth-order valence-corrected chi connectivity index (χ4v) is 1.36. The molecule has 2 amide bonds. The normalized spacial score (nSPS) is 10.7. The maximum atomic E-state index is 11.7. The molecule has 0 aromatic heterocycles. The predicted molar refractivity (Wildman–Crippen MR) is 75.0 cm³/mol. The van der Waals surface area contributed by atoms with Crippen LogP contribution in [0, 0.1) is 10.1 Å². The molecule has 1 aromatic rings. The number of methoxy groups -OCH3 is 1. The smallest absolute Gasteiger partial charge is 0.427 e. The molecule has 0 aliphatic heterocycles. The third kappa shape index (κ3) is 5.68. The van der Waals surface area contributed by atoms with Gasteiger partial charge in [-0.2, -0.15) is 5.10 Å². The maximum Gasteiger partial charge on any atom is 0.427 e. The van der Waals surface area contributed by atoms with Crippen molar-refractivity contribution in [3.05, 3.63) is 34.4 Å². The highest BCUT2D eigenvalue weighted by molar-refractivity contribution is 6.05. The van der Waals surface area contributed by atoms with Crippen LogP contribution in [-0.4, -0.2) is 29.7 Å². The van der Waals surface area contributed by atoms with Crippen LogP contribution in [0.4, 0.5) is 16.2 Å². The zero-order valence-corrected chi connectivity index (χ0v) is 11.5. The molecule has 0 radical (unpaired) electrons. The minimum atomic E-state index is -0.742. The van der Waals surface area contributed by atoms with Crippen LogP contribution in [0.15, 0.2) is 29.4 Å². The van der Waals surface area contributed by atoms with E-state index in [1.54, 1.807) is 6.92 Å². The number of non-ortho nitro benzene ring substituents is 1. The first-order valence-electron chi connectivity index (χ1n) is 5.84. The van der Waals surface area contributed by atoms with Gasteiger partial charge in [-0.1, -0.05) is 6.07 Å². The minimum Gasteiger partial charge on any atom is -0.452 e. The van der Waals surface area contributed by atoms with Gasteiger partial charge in [0, 0.05) is 23.5 Å². The van der Waals surface area contributed by atoms with Crippen LogP contribution in [0.3, 0.4) is 0 Å². The van der Waals surface area contributed by atoms with Gasteiger partial charge < -0.3 is 10.1 Å². The quantitative estimate of drug-likeness (QED) is 0.485. The molecule has 2 N–H and O–H groups in total. The Kier molecular flexibility index (Phi) is 5.80. The van der Waals surface area contributed by atoms with E-state index in [1.807, 2.05) is 0 Å². The summed E-state index contributed by atoms with van der Waals surface area (Å²) >= 11 is 0. The first-order valence-corrected chi connectivity index (χ1v) is 5.84. The summed E-state index contributed by atoms with van der Waals surface area (Å²) in [5, 5.41) is 16.8. The van der Waals surface area contributed by atoms with Gasteiger partial charge in [-0.15, -0.1) is 0 Å². The molecule has 21 heavy (non-hydrogen) atoms. The van der Waals surface area contributed by atoms with E-state index in [-0.39, 0.29) is 12.1 Å². The third-order valence-corrected chi connectivity index (χ3v) is 2.28. The van der Waals surface area contributed by atoms with Crippen LogP contribution < -0.4 is 10.7 Å². The van der Waals surface area contributed by atoms with E-state index < -0.39 is 16.9 Å². The van der Waals surface area contributed by atoms with Crippen LogP contribution >= 0.6 is 0 Å². The summed E-state index contributed by atoms with van der Waals surface area (Å²) in [4.78, 5) is 32.6. The summed E-state index contributed by atoms with van der Waals surface area (Å²) in [5.74, 6) is -0.414. The SMILES string of the molecule is COC(=O)NN=C(C)CC(=O)Nc1cccc([N+](=O)[O-])c1. The van der Waals surface area contributed by atoms with Crippen LogP contribution in [0.5, 0.6) is 0 Å². The number of nitrogens with zero attached hydrogens (tertiary/aromatic N) is 2. The van der Waals surface area contributed by atoms with E-state index in [0.717, 1.165) is 0 Å². The van der Waals surface area contributed by atoms with Gasteiger partial charge in [-0.05, 0) is 13.0 Å². The highest BCUT2D eigenvalue weighted by Gasteiger charge is 2.09. The number of nitrogens with one attached hydrogen (secondary N) is 2. The summed E-state index contributed by atoms with van der Waals surface area (Å²) in [6.07, 6.45) is -0.819. The number of hydrazone groups is 1. The molecule has 0 fully saturated rings. The monoisotopic (exact) mass is 294 g/mol. The maximum absolute atomic E-state index is 11.7. The number of carbonyl (C=O) groups is 2. The van der Waals surface area contributed by atoms with E-state index in [9.17, 15) is 19.7 Å². The Morgan fingerprint density at radius 1 is 1.43 bits per heavy atom. The van der Waals surface area contributed by atoms with Crippen molar-refractivity contribution in [2.45, 2.75) is 13.3 Å². The molecule has 0 saturated carbocycles. The number of nitro benzene ring substituents is 1. The molecule has 0 unspecified atom stereocenters. The fraction of sp³-hybridized carbons (Fsp3) is 0.250. The molecule has 0 spiro atoms. The van der Waals surface area contributed by atoms with Gasteiger partial charge in [0.1, 0.15) is 0 Å². The Labute approximate surface area is 120 Å². The Hall–Kier alpha value is -2.97. The molecule has 0 atom stereocenters. The van der Waals surface area contributed by atoms with E-state index in [2.05, 4.69) is 20.6 Å². The lowest BCUT2D eigenvalue weighted by atomic mass is 10.2. The van der Waals surface area contributed by atoms with Crippen molar-refractivity contribution < 1.29 is 19.2 Å². The minimum absolute atomic E-state index is 0.0767. The Bertz CT molecular complexity index is 585. The lowest BCUT2D eigenvalue weighted by Crippen LogP contribution is -2.21. The second-order valence-electron chi connectivity index (χ2n) is 3.98. The predicted octanol–water partition coefficient (Wildman–Crippen LogP) is 1.66. The molecule has 112 valence electrons. The Morgan fingerprint density at radius 2 is 2.14 bits per heavy atom. The van der Waals surface area contributed by atoms with Crippen molar-refractivity contribution in [2.75, 3.05) is 12.4 Å². The second kappa shape index (κ2) is 7.58. The number of hydrogen-bond acceptors (Lipinski definition) is 6. The van der Waals surface area contributed by atoms with E-state index in [1.165, 1.54) is 31.4 Å². The molecule has 0 heterocycles. The van der Waals surface area contributed by atoms with Crippen molar-refractivity contribution in [1.82, 2.24) is 5.43 Å². The highest BCUT2D eigenvalue weighted by Crippen LogP contribution is 2.17. The zero-order valence-electron chi connectivity index (χ0n) is 11.5. The number of rotatable bonds is 5. The third-order valence-electron chi connectivity index (χ3n) is 2.28. The van der Waals surface area contributed by atoms with Crippen LogP contribution in [-0.2, 0) is 9.53 Å². The number of ether oxygens (including phenoxy) is 1. The number of anilines is 1. The topological polar surface area (TPSA) is 123 Å². The lowest BCUT2D eigenvalue weighted by Gasteiger charge is -2.05. The molecular weight excluding hydrogens is 280 g/mol. The largest absolute Gasteiger partial charge is 0.452 e. The van der Waals surface area contributed by atoms with Gasteiger partial charge in [0.25, 0.3) is 5.69 Å². The van der Waals surface area contributed by atoms with Crippen LogP contribution in [0.2, 0.25) is 0 Å². The number of benzene rings is 1. The first kappa shape index (κ1) is 16.1. The first-order chi connectivity index (χ1) is 9.92. The Morgan fingerprint density at radius 3 is 2.76 bits per heavy atom. The molecular formula is C12H14N4O5. The van der Waals surface area contributed by atoms with E-state index in [0.29, 0.717) is 11.4 Å². The van der Waals surface area contributed by atoms with Gasteiger partial charge >= 0.3 is 6.09 Å².